The Morgan fingerprint density at radius 1 is 0.317 bits per heavy atom. The van der Waals surface area contributed by atoms with Gasteiger partial charge in [0.15, 0.2) is 0 Å². The van der Waals surface area contributed by atoms with Gasteiger partial charge in [-0.15, -0.1) is 0 Å². The monoisotopic (exact) mass is 802 g/mol. The van der Waals surface area contributed by atoms with Gasteiger partial charge in [0.05, 0.1) is 11.4 Å². The number of benzene rings is 9. The number of hydrogen-bond acceptors (Lipinski definition) is 2. The third kappa shape index (κ3) is 5.58. The first-order valence-electron chi connectivity index (χ1n) is 22.1. The third-order valence-corrected chi connectivity index (χ3v) is 13.8. The van der Waals surface area contributed by atoms with Crippen LogP contribution in [-0.2, 0) is 0 Å². The Hall–Kier alpha value is -7.94. The van der Waals surface area contributed by atoms with Crippen LogP contribution >= 0.6 is 0 Å². The fourth-order valence-electron chi connectivity index (χ4n) is 11.2. The SMILES string of the molecule is C1=C(c2cccc(N3c4ccccc4-c4cccc5c4C3N(c3cccc(C4=Cc6ccccc6C4c4ccccc4)c3)c3ccccc3-5)c2)C(c2ccccc2)c2ccccc21. The van der Waals surface area contributed by atoms with Crippen molar-refractivity contribution in [2.45, 2.75) is 18.0 Å². The Morgan fingerprint density at radius 2 is 0.714 bits per heavy atom. The minimum absolute atomic E-state index is 0.148. The highest BCUT2D eigenvalue weighted by Crippen LogP contribution is 2.59. The summed E-state index contributed by atoms with van der Waals surface area (Å²) in [6.45, 7) is 0. The van der Waals surface area contributed by atoms with Crippen LogP contribution in [-0.4, -0.2) is 0 Å². The van der Waals surface area contributed by atoms with Gasteiger partial charge in [-0.25, -0.2) is 0 Å². The third-order valence-electron chi connectivity index (χ3n) is 13.8. The van der Waals surface area contributed by atoms with E-state index in [2.05, 4.69) is 246 Å². The fraction of sp³-hybridized carbons (Fsp3) is 0.0492. The molecule has 9 aromatic rings. The number of para-hydroxylation sites is 2. The topological polar surface area (TPSA) is 6.48 Å². The summed E-state index contributed by atoms with van der Waals surface area (Å²) in [6, 6.07) is 83.3. The number of hydrogen-bond donors (Lipinski definition) is 0. The minimum atomic E-state index is -0.175. The predicted molar refractivity (Wildman–Crippen MR) is 262 cm³/mol. The molecule has 296 valence electrons. The highest BCUT2D eigenvalue weighted by atomic mass is 15.4. The van der Waals surface area contributed by atoms with Gasteiger partial charge in [0.25, 0.3) is 0 Å². The number of allylic oxidation sites excluding steroid dienone is 2. The molecule has 0 amide bonds. The molecule has 0 aromatic heterocycles. The summed E-state index contributed by atoms with van der Waals surface area (Å²) in [5, 5.41) is 0. The van der Waals surface area contributed by atoms with Crippen molar-refractivity contribution in [2.24, 2.45) is 0 Å². The number of anilines is 4. The molecule has 9 aromatic carbocycles. The van der Waals surface area contributed by atoms with Crippen molar-refractivity contribution >= 4 is 46.0 Å². The van der Waals surface area contributed by atoms with Gasteiger partial charge in [-0.05, 0) is 115 Å². The Morgan fingerprint density at radius 3 is 1.21 bits per heavy atom. The second-order valence-electron chi connectivity index (χ2n) is 17.2. The Bertz CT molecular complexity index is 3100. The Kier molecular flexibility index (Phi) is 8.14. The van der Waals surface area contributed by atoms with Crippen molar-refractivity contribution in [1.82, 2.24) is 0 Å². The van der Waals surface area contributed by atoms with E-state index in [1.165, 1.54) is 94.8 Å². The van der Waals surface area contributed by atoms with E-state index >= 15 is 0 Å². The standard InChI is InChI=1S/C61H42N2/c1-3-18-40(19-4-1)58-48-28-9-7-22-44(48)38-54(58)42-24-15-26-46(36-42)62-56-34-13-11-30-50(56)52-32-17-33-53-51-31-12-14-35-57(51)63(61(62)60(52)53)47-27-16-25-43(37-47)55-39-45-23-8-10-29-49(45)59(55)41-20-5-2-6-21-41/h1-39,58-59,61H. The van der Waals surface area contributed by atoms with Gasteiger partial charge in [-0.3, -0.25) is 0 Å². The van der Waals surface area contributed by atoms with Gasteiger partial charge in [0.1, 0.15) is 6.17 Å². The number of fused-ring (bicyclic) bond motifs is 6. The predicted octanol–water partition coefficient (Wildman–Crippen LogP) is 15.7. The van der Waals surface area contributed by atoms with Crippen molar-refractivity contribution in [3.05, 3.63) is 275 Å². The lowest BCUT2D eigenvalue weighted by Crippen LogP contribution is -2.41. The van der Waals surface area contributed by atoms with Crippen LogP contribution in [0.4, 0.5) is 22.7 Å². The number of nitrogens with zero attached hydrogens (tertiary/aromatic N) is 2. The molecule has 2 nitrogen and oxygen atoms in total. The molecule has 2 heterocycles. The molecular formula is C61H42N2. The lowest BCUT2D eigenvalue weighted by atomic mass is 9.81. The van der Waals surface area contributed by atoms with Crippen molar-refractivity contribution in [3.63, 3.8) is 0 Å². The molecular weight excluding hydrogens is 761 g/mol. The molecule has 2 aliphatic heterocycles. The van der Waals surface area contributed by atoms with Crippen LogP contribution in [0.3, 0.4) is 0 Å². The van der Waals surface area contributed by atoms with Gasteiger partial charge in [-0.1, -0.05) is 188 Å². The van der Waals surface area contributed by atoms with E-state index in [1.807, 2.05) is 0 Å². The van der Waals surface area contributed by atoms with Crippen molar-refractivity contribution < 1.29 is 0 Å². The van der Waals surface area contributed by atoms with E-state index < -0.39 is 0 Å². The summed E-state index contributed by atoms with van der Waals surface area (Å²) in [4.78, 5) is 5.23. The molecule has 0 fully saturated rings. The second-order valence-corrected chi connectivity index (χ2v) is 17.2. The van der Waals surface area contributed by atoms with E-state index in [4.69, 9.17) is 0 Å². The summed E-state index contributed by atoms with van der Waals surface area (Å²) in [6.07, 6.45) is 4.65. The zero-order valence-electron chi connectivity index (χ0n) is 34.6. The Labute approximate surface area is 369 Å². The molecule has 63 heavy (non-hydrogen) atoms. The van der Waals surface area contributed by atoms with Crippen molar-refractivity contribution in [1.29, 1.82) is 0 Å². The summed E-state index contributed by atoms with van der Waals surface area (Å²) >= 11 is 0. The lowest BCUT2D eigenvalue weighted by molar-refractivity contribution is 0.694. The van der Waals surface area contributed by atoms with Gasteiger partial charge in [0.2, 0.25) is 0 Å². The molecule has 0 N–H and O–H groups in total. The smallest absolute Gasteiger partial charge is 0.138 e. The average molecular weight is 803 g/mol. The normalized spacial score (nSPS) is 17.5. The number of rotatable bonds is 6. The second kappa shape index (κ2) is 14.3. The first-order valence-corrected chi connectivity index (χ1v) is 22.1. The van der Waals surface area contributed by atoms with Gasteiger partial charge in [0, 0.05) is 39.9 Å². The van der Waals surface area contributed by atoms with Crippen LogP contribution < -0.4 is 9.80 Å². The maximum absolute atomic E-state index is 2.62. The highest BCUT2D eigenvalue weighted by Gasteiger charge is 2.43. The maximum Gasteiger partial charge on any atom is 0.138 e. The first-order chi connectivity index (χ1) is 31.3. The van der Waals surface area contributed by atoms with Gasteiger partial charge >= 0.3 is 0 Å². The maximum atomic E-state index is 2.62. The van der Waals surface area contributed by atoms with E-state index in [-0.39, 0.29) is 18.0 Å². The van der Waals surface area contributed by atoms with Crippen LogP contribution in [0.5, 0.6) is 0 Å². The molecule has 0 radical (unpaired) electrons. The van der Waals surface area contributed by atoms with Gasteiger partial charge < -0.3 is 9.80 Å². The fourth-order valence-corrected chi connectivity index (χ4v) is 11.2. The summed E-state index contributed by atoms with van der Waals surface area (Å²) in [5.74, 6) is 0.297. The zero-order valence-corrected chi connectivity index (χ0v) is 34.6. The molecule has 0 spiro atoms. The summed E-state index contributed by atoms with van der Waals surface area (Å²) in [5.41, 5.74) is 24.2. The average Bonchev–Trinajstić information content (AvgIpc) is 3.95. The first kappa shape index (κ1) is 35.8. The minimum Gasteiger partial charge on any atom is -0.315 e. The highest BCUT2D eigenvalue weighted by molar-refractivity contribution is 6.01. The van der Waals surface area contributed by atoms with Crippen molar-refractivity contribution in [3.8, 4) is 22.3 Å². The van der Waals surface area contributed by atoms with Crippen LogP contribution in [0.25, 0.3) is 45.6 Å². The molecule has 2 unspecified atom stereocenters. The van der Waals surface area contributed by atoms with E-state index in [0.29, 0.717) is 0 Å². The van der Waals surface area contributed by atoms with E-state index in [1.54, 1.807) is 0 Å². The largest absolute Gasteiger partial charge is 0.315 e. The molecule has 2 heteroatoms. The zero-order chi connectivity index (χ0) is 41.4. The van der Waals surface area contributed by atoms with Gasteiger partial charge in [-0.2, -0.15) is 0 Å². The summed E-state index contributed by atoms with van der Waals surface area (Å²) in [7, 11) is 0. The Balaban J connectivity index is 1.01. The van der Waals surface area contributed by atoms with Crippen LogP contribution in [0.1, 0.15) is 68.1 Å². The van der Waals surface area contributed by atoms with Crippen LogP contribution in [0.2, 0.25) is 0 Å². The molecule has 4 aliphatic rings. The summed E-state index contributed by atoms with van der Waals surface area (Å²) < 4.78 is 0. The molecule has 13 rings (SSSR count). The van der Waals surface area contributed by atoms with E-state index in [9.17, 15) is 0 Å². The van der Waals surface area contributed by atoms with Crippen molar-refractivity contribution in [2.75, 3.05) is 9.80 Å². The molecule has 2 aliphatic carbocycles. The lowest BCUT2D eigenvalue weighted by Gasteiger charge is -2.50. The molecule has 0 bridgehead atoms. The molecule has 0 saturated heterocycles. The molecule has 2 atom stereocenters. The van der Waals surface area contributed by atoms with Crippen LogP contribution in [0, 0.1) is 0 Å². The quantitative estimate of drug-likeness (QED) is 0.165. The molecule has 0 saturated carbocycles. The van der Waals surface area contributed by atoms with E-state index in [0.717, 1.165) is 11.4 Å². The van der Waals surface area contributed by atoms with Crippen LogP contribution in [0.15, 0.2) is 224 Å².